The predicted molar refractivity (Wildman–Crippen MR) is 113 cm³/mol. The van der Waals surface area contributed by atoms with Crippen LogP contribution in [0.25, 0.3) is 0 Å². The molecule has 3 atom stereocenters. The maximum absolute atomic E-state index is 13.6. The van der Waals surface area contributed by atoms with Gasteiger partial charge in [0.15, 0.2) is 5.54 Å². The maximum Gasteiger partial charge on any atom is 0.250 e. The molecule has 29 heavy (non-hydrogen) atoms. The van der Waals surface area contributed by atoms with Gasteiger partial charge in [0, 0.05) is 11.3 Å². The normalized spacial score (nSPS) is 15.1. The average Bonchev–Trinajstić information content (AvgIpc) is 2.73. The molecule has 0 fully saturated rings. The van der Waals surface area contributed by atoms with E-state index in [0.717, 1.165) is 11.1 Å². The summed E-state index contributed by atoms with van der Waals surface area (Å²) in [6, 6.07) is 25.3. The molecule has 0 aliphatic carbocycles. The number of rotatable bonds is 7. The monoisotopic (exact) mass is 407 g/mol. The lowest BCUT2D eigenvalue weighted by molar-refractivity contribution is -0.126. The highest BCUT2D eigenvalue weighted by atomic mass is 32.2. The van der Waals surface area contributed by atoms with Crippen LogP contribution < -0.4 is 10.0 Å². The van der Waals surface area contributed by atoms with Gasteiger partial charge in [-0.2, -0.15) is 0 Å². The van der Waals surface area contributed by atoms with Crippen LogP contribution in [0.3, 0.4) is 0 Å². The molecule has 3 aromatic carbocycles. The van der Waals surface area contributed by atoms with E-state index in [1.54, 1.807) is 36.4 Å². The lowest BCUT2D eigenvalue weighted by Gasteiger charge is -2.36. The van der Waals surface area contributed by atoms with Crippen molar-refractivity contribution in [3.63, 3.8) is 0 Å². The highest BCUT2D eigenvalue weighted by Gasteiger charge is 2.43. The van der Waals surface area contributed by atoms with Crippen LogP contribution in [-0.2, 0) is 21.6 Å². The van der Waals surface area contributed by atoms with E-state index in [1.165, 1.54) is 0 Å². The Morgan fingerprint density at radius 3 is 1.97 bits per heavy atom. The summed E-state index contributed by atoms with van der Waals surface area (Å²) in [7, 11) is 0. The molecule has 0 spiro atoms. The molecule has 0 saturated carbocycles. The van der Waals surface area contributed by atoms with Crippen molar-refractivity contribution in [3.05, 3.63) is 107 Å². The molecule has 2 N–H and O–H groups in total. The van der Waals surface area contributed by atoms with Crippen molar-refractivity contribution >= 4 is 17.2 Å². The highest BCUT2D eigenvalue weighted by Crippen LogP contribution is 2.32. The van der Waals surface area contributed by atoms with Crippen molar-refractivity contribution in [2.24, 2.45) is 0 Å². The van der Waals surface area contributed by atoms with E-state index in [-0.39, 0.29) is 6.04 Å². The van der Waals surface area contributed by atoms with Crippen molar-refractivity contribution < 1.29 is 13.6 Å². The summed E-state index contributed by atoms with van der Waals surface area (Å²) in [5.41, 5.74) is 1.42. The van der Waals surface area contributed by atoms with Crippen molar-refractivity contribution in [1.82, 2.24) is 10.0 Å². The second-order valence-electron chi connectivity index (χ2n) is 6.92. The van der Waals surface area contributed by atoms with Gasteiger partial charge in [0.25, 0.3) is 5.91 Å². The summed E-state index contributed by atoms with van der Waals surface area (Å²) in [4.78, 5) is 13.6. The Kier molecular flexibility index (Phi) is 6.59. The smallest absolute Gasteiger partial charge is 0.250 e. The van der Waals surface area contributed by atoms with Gasteiger partial charge >= 0.3 is 0 Å². The molecule has 0 radical (unpaired) electrons. The van der Waals surface area contributed by atoms with Gasteiger partial charge in [0.05, 0.1) is 6.04 Å². The van der Waals surface area contributed by atoms with E-state index in [2.05, 4.69) is 10.0 Å². The van der Waals surface area contributed by atoms with Gasteiger partial charge in [-0.25, -0.2) is 4.72 Å². The van der Waals surface area contributed by atoms with Crippen LogP contribution in [0, 0.1) is 6.92 Å². The van der Waals surface area contributed by atoms with Crippen LogP contribution in [0.2, 0.25) is 0 Å². The number of hydrogen-bond donors (Lipinski definition) is 2. The molecular formula is C23H23N2O3S-. The van der Waals surface area contributed by atoms with E-state index in [4.69, 9.17) is 0 Å². The van der Waals surface area contributed by atoms with Crippen LogP contribution in [0.1, 0.15) is 35.2 Å². The van der Waals surface area contributed by atoms with Crippen molar-refractivity contribution in [2.75, 3.05) is 0 Å². The molecule has 0 saturated heterocycles. The minimum Gasteiger partial charge on any atom is -0.760 e. The quantitative estimate of drug-likeness (QED) is 0.588. The molecule has 3 unspecified atom stereocenters. The van der Waals surface area contributed by atoms with Crippen LogP contribution >= 0.6 is 0 Å². The largest absolute Gasteiger partial charge is 0.760 e. The first-order valence-electron chi connectivity index (χ1n) is 9.29. The minimum absolute atomic E-state index is 0.306. The van der Waals surface area contributed by atoms with Gasteiger partial charge in [0.1, 0.15) is 0 Å². The number of nitrogens with one attached hydrogen (secondary N) is 2. The summed E-state index contributed by atoms with van der Waals surface area (Å²) in [6.07, 6.45) is 0. The number of benzene rings is 3. The summed E-state index contributed by atoms with van der Waals surface area (Å²) in [5.74, 6) is -0.451. The predicted octanol–water partition coefficient (Wildman–Crippen LogP) is 3.50. The van der Waals surface area contributed by atoms with E-state index < -0.39 is 22.7 Å². The molecule has 6 heteroatoms. The number of aryl methyl sites for hydroxylation is 1. The second-order valence-corrected chi connectivity index (χ2v) is 7.60. The van der Waals surface area contributed by atoms with Crippen LogP contribution in [0.5, 0.6) is 0 Å². The Hall–Kier alpha value is -2.80. The molecule has 3 rings (SSSR count). The van der Waals surface area contributed by atoms with Crippen LogP contribution in [0.4, 0.5) is 0 Å². The fraction of sp³-hybridized carbons (Fsp3) is 0.174. The highest BCUT2D eigenvalue weighted by molar-refractivity contribution is 7.77. The molecule has 0 aromatic heterocycles. The molecule has 150 valence electrons. The first kappa shape index (κ1) is 20.9. The van der Waals surface area contributed by atoms with Gasteiger partial charge in [-0.05, 0) is 30.5 Å². The Bertz CT molecular complexity index is 978. The minimum atomic E-state index is -2.68. The Balaban J connectivity index is 2.11. The first-order valence-corrected chi connectivity index (χ1v) is 10.4. The fourth-order valence-corrected chi connectivity index (χ4v) is 3.92. The van der Waals surface area contributed by atoms with Gasteiger partial charge < -0.3 is 9.87 Å². The second kappa shape index (κ2) is 9.13. The lowest BCUT2D eigenvalue weighted by atomic mass is 9.82. The van der Waals surface area contributed by atoms with Crippen LogP contribution in [0.15, 0.2) is 84.9 Å². The van der Waals surface area contributed by atoms with Crippen LogP contribution in [-0.4, -0.2) is 14.7 Å². The third-order valence-electron chi connectivity index (χ3n) is 4.92. The van der Waals surface area contributed by atoms with Crippen molar-refractivity contribution in [1.29, 1.82) is 0 Å². The van der Waals surface area contributed by atoms with Gasteiger partial charge in [0.2, 0.25) is 0 Å². The molecule has 0 heterocycles. The molecule has 5 nitrogen and oxygen atoms in total. The fourth-order valence-electron chi connectivity index (χ4n) is 3.34. The Labute approximate surface area is 173 Å². The van der Waals surface area contributed by atoms with Crippen molar-refractivity contribution in [3.8, 4) is 0 Å². The topological polar surface area (TPSA) is 81.3 Å². The van der Waals surface area contributed by atoms with Gasteiger partial charge in [-0.15, -0.1) is 0 Å². The van der Waals surface area contributed by atoms with Crippen molar-refractivity contribution in [2.45, 2.75) is 25.4 Å². The van der Waals surface area contributed by atoms with E-state index >= 15 is 0 Å². The average molecular weight is 408 g/mol. The van der Waals surface area contributed by atoms with E-state index in [1.807, 2.05) is 62.4 Å². The Morgan fingerprint density at radius 2 is 1.41 bits per heavy atom. The number of amides is 1. The molecule has 1 amide bonds. The molecule has 3 aromatic rings. The van der Waals surface area contributed by atoms with E-state index in [0.29, 0.717) is 11.1 Å². The van der Waals surface area contributed by atoms with Gasteiger partial charge in [-0.3, -0.25) is 9.00 Å². The van der Waals surface area contributed by atoms with E-state index in [9.17, 15) is 13.6 Å². The summed E-state index contributed by atoms with van der Waals surface area (Å²) >= 11 is -2.68. The third kappa shape index (κ3) is 4.62. The summed E-state index contributed by atoms with van der Waals surface area (Å²) in [6.45, 7) is 3.80. The zero-order valence-corrected chi connectivity index (χ0v) is 17.1. The zero-order valence-electron chi connectivity index (χ0n) is 16.3. The number of hydrogen-bond acceptors (Lipinski definition) is 3. The Morgan fingerprint density at radius 1 is 0.897 bits per heavy atom. The molecule has 0 bridgehead atoms. The van der Waals surface area contributed by atoms with Gasteiger partial charge in [-0.1, -0.05) is 90.5 Å². The zero-order chi connectivity index (χ0) is 20.9. The summed E-state index contributed by atoms with van der Waals surface area (Å²) < 4.78 is 26.1. The molecule has 0 aliphatic heterocycles. The lowest BCUT2D eigenvalue weighted by Crippen LogP contribution is -2.56. The standard InChI is InChI=1S/C23H24N2O3S/c1-17-13-15-21(16-14-17)23(25-29(27)28,20-11-7-4-8-12-20)22(26)24-18(2)19-9-5-3-6-10-19/h3-16,18,25H,1-2H3,(H,24,26)(H,27,28)/p-1. The third-order valence-corrected chi connectivity index (χ3v) is 5.39. The summed E-state index contributed by atoms with van der Waals surface area (Å²) in [5, 5.41) is 2.98. The first-order chi connectivity index (χ1) is 13.9. The number of carbonyl (C=O) groups is 1. The molecular weight excluding hydrogens is 384 g/mol. The molecule has 0 aliphatic rings. The maximum atomic E-state index is 13.6. The SMILES string of the molecule is Cc1ccc(C(NS(=O)[O-])(C(=O)NC(C)c2ccccc2)c2ccccc2)cc1. The number of carbonyl (C=O) groups excluding carboxylic acids is 1.